The molecule has 1 aromatic carbocycles. The van der Waals surface area contributed by atoms with Gasteiger partial charge in [-0.25, -0.2) is 4.99 Å². The van der Waals surface area contributed by atoms with Crippen molar-refractivity contribution in [2.75, 3.05) is 59.5 Å². The number of nitrogens with one attached hydrogen (secondary N) is 2. The molecule has 0 atom stereocenters. The molecule has 0 radical (unpaired) electrons. The highest BCUT2D eigenvalue weighted by Gasteiger charge is 2.12. The lowest BCUT2D eigenvalue weighted by molar-refractivity contribution is 0.0341. The Morgan fingerprint density at radius 3 is 2.52 bits per heavy atom. The van der Waals surface area contributed by atoms with Gasteiger partial charge in [0, 0.05) is 39.3 Å². The van der Waals surface area contributed by atoms with E-state index >= 15 is 0 Å². The van der Waals surface area contributed by atoms with Crippen molar-refractivity contribution in [3.05, 3.63) is 35.4 Å². The molecule has 1 aliphatic heterocycles. The molecule has 1 saturated heterocycles. The number of likely N-dealkylation sites (N-methyl/N-ethyl adjacent to an activating group) is 1. The molecule has 7 heteroatoms. The van der Waals surface area contributed by atoms with Crippen molar-refractivity contribution in [1.82, 2.24) is 20.4 Å². The Kier molecular flexibility index (Phi) is 14.3. The third-order valence-corrected chi connectivity index (χ3v) is 5.05. The zero-order valence-electron chi connectivity index (χ0n) is 18.5. The molecule has 0 bridgehead atoms. The summed E-state index contributed by atoms with van der Waals surface area (Å²) in [6, 6.07) is 8.65. The van der Waals surface area contributed by atoms with Crippen LogP contribution in [-0.4, -0.2) is 75.3 Å². The van der Waals surface area contributed by atoms with Gasteiger partial charge in [0.05, 0.1) is 19.8 Å². The van der Waals surface area contributed by atoms with Crippen molar-refractivity contribution in [2.45, 2.75) is 39.8 Å². The lowest BCUT2D eigenvalue weighted by Crippen LogP contribution is -2.41. The lowest BCUT2D eigenvalue weighted by Gasteiger charge is -2.27. The van der Waals surface area contributed by atoms with E-state index in [9.17, 15) is 0 Å². The highest BCUT2D eigenvalue weighted by molar-refractivity contribution is 14.0. The van der Waals surface area contributed by atoms with E-state index in [1.54, 1.807) is 0 Å². The van der Waals surface area contributed by atoms with Crippen LogP contribution in [0.3, 0.4) is 0 Å². The number of halogens is 1. The number of unbranched alkanes of at least 4 members (excludes halogenated alkanes) is 1. The zero-order chi connectivity index (χ0) is 20.0. The van der Waals surface area contributed by atoms with E-state index in [1.807, 2.05) is 0 Å². The first-order valence-corrected chi connectivity index (χ1v) is 10.8. The molecule has 2 rings (SSSR count). The Morgan fingerprint density at radius 1 is 1.10 bits per heavy atom. The van der Waals surface area contributed by atoms with E-state index in [2.05, 4.69) is 65.6 Å². The van der Waals surface area contributed by atoms with Gasteiger partial charge in [-0.2, -0.15) is 0 Å². The molecule has 29 heavy (non-hydrogen) atoms. The highest BCUT2D eigenvalue weighted by Crippen LogP contribution is 2.14. The molecule has 6 nitrogen and oxygen atoms in total. The van der Waals surface area contributed by atoms with E-state index in [4.69, 9.17) is 9.73 Å². The number of benzene rings is 1. The SMILES string of the molecule is CCCCN(C)CCNC(=NCc1ccccc1CN1CCOCC1)NCC.I. The van der Waals surface area contributed by atoms with Crippen molar-refractivity contribution in [3.8, 4) is 0 Å². The molecule has 0 unspecified atom stereocenters. The van der Waals surface area contributed by atoms with Crippen LogP contribution >= 0.6 is 24.0 Å². The van der Waals surface area contributed by atoms with Gasteiger partial charge in [0.15, 0.2) is 5.96 Å². The summed E-state index contributed by atoms with van der Waals surface area (Å²) in [5, 5.41) is 6.83. The Bertz CT molecular complexity index is 578. The smallest absolute Gasteiger partial charge is 0.191 e. The molecule has 1 heterocycles. The second kappa shape index (κ2) is 15.9. The first-order chi connectivity index (χ1) is 13.7. The summed E-state index contributed by atoms with van der Waals surface area (Å²) >= 11 is 0. The van der Waals surface area contributed by atoms with E-state index in [0.29, 0.717) is 6.54 Å². The van der Waals surface area contributed by atoms with Crippen LogP contribution in [0.5, 0.6) is 0 Å². The van der Waals surface area contributed by atoms with Gasteiger partial charge < -0.3 is 20.3 Å². The minimum absolute atomic E-state index is 0. The average Bonchev–Trinajstić information content (AvgIpc) is 2.72. The molecule has 0 amide bonds. The van der Waals surface area contributed by atoms with Gasteiger partial charge in [-0.05, 0) is 38.1 Å². The molecule has 2 N–H and O–H groups in total. The zero-order valence-corrected chi connectivity index (χ0v) is 20.8. The molecule has 1 aliphatic rings. The largest absolute Gasteiger partial charge is 0.379 e. The van der Waals surface area contributed by atoms with Crippen molar-refractivity contribution in [1.29, 1.82) is 0 Å². The molecule has 1 fully saturated rings. The third-order valence-electron chi connectivity index (χ3n) is 5.05. The summed E-state index contributed by atoms with van der Waals surface area (Å²) in [4.78, 5) is 9.66. The summed E-state index contributed by atoms with van der Waals surface area (Å²) in [6.07, 6.45) is 2.50. The van der Waals surface area contributed by atoms with Gasteiger partial charge in [0.2, 0.25) is 0 Å². The first-order valence-electron chi connectivity index (χ1n) is 10.8. The fraction of sp³-hybridized carbons (Fsp3) is 0.682. The fourth-order valence-corrected chi connectivity index (χ4v) is 3.28. The summed E-state index contributed by atoms with van der Waals surface area (Å²) < 4.78 is 5.47. The second-order valence-electron chi connectivity index (χ2n) is 7.44. The van der Waals surface area contributed by atoms with Crippen molar-refractivity contribution >= 4 is 29.9 Å². The fourth-order valence-electron chi connectivity index (χ4n) is 3.28. The number of nitrogens with zero attached hydrogens (tertiary/aromatic N) is 3. The number of rotatable bonds is 11. The van der Waals surface area contributed by atoms with Crippen LogP contribution in [0.15, 0.2) is 29.3 Å². The van der Waals surface area contributed by atoms with Crippen molar-refractivity contribution < 1.29 is 4.74 Å². The molecule has 1 aromatic rings. The number of ether oxygens (including phenoxy) is 1. The molecular formula is C22H40IN5O. The highest BCUT2D eigenvalue weighted by atomic mass is 127. The monoisotopic (exact) mass is 517 g/mol. The maximum atomic E-state index is 5.47. The van der Waals surface area contributed by atoms with Crippen LogP contribution in [-0.2, 0) is 17.8 Å². The number of hydrogen-bond donors (Lipinski definition) is 2. The van der Waals surface area contributed by atoms with Crippen molar-refractivity contribution in [3.63, 3.8) is 0 Å². The van der Waals surface area contributed by atoms with Crippen LogP contribution in [0, 0.1) is 0 Å². The number of aliphatic imine (C=N–C) groups is 1. The van der Waals surface area contributed by atoms with E-state index < -0.39 is 0 Å². The van der Waals surface area contributed by atoms with Gasteiger partial charge >= 0.3 is 0 Å². The van der Waals surface area contributed by atoms with E-state index in [0.717, 1.165) is 65.0 Å². The molecule has 0 saturated carbocycles. The molecule has 166 valence electrons. The molecular weight excluding hydrogens is 477 g/mol. The first kappa shape index (κ1) is 26.1. The van der Waals surface area contributed by atoms with Crippen LogP contribution in [0.4, 0.5) is 0 Å². The third kappa shape index (κ3) is 10.6. The van der Waals surface area contributed by atoms with Gasteiger partial charge in [-0.1, -0.05) is 37.6 Å². The topological polar surface area (TPSA) is 52.1 Å². The quantitative estimate of drug-likeness (QED) is 0.269. The summed E-state index contributed by atoms with van der Waals surface area (Å²) in [7, 11) is 2.18. The van der Waals surface area contributed by atoms with E-state index in [1.165, 1.54) is 24.0 Å². The van der Waals surface area contributed by atoms with E-state index in [-0.39, 0.29) is 24.0 Å². The Balaban J connectivity index is 0.00000420. The minimum atomic E-state index is 0. The van der Waals surface area contributed by atoms with Gasteiger partial charge in [-0.3, -0.25) is 4.90 Å². The predicted octanol–water partition coefficient (Wildman–Crippen LogP) is 2.92. The Hall–Kier alpha value is -0.900. The minimum Gasteiger partial charge on any atom is -0.379 e. The number of guanidine groups is 1. The summed E-state index contributed by atoms with van der Waals surface area (Å²) in [5.41, 5.74) is 2.66. The summed E-state index contributed by atoms with van der Waals surface area (Å²) in [6.45, 7) is 13.6. The van der Waals surface area contributed by atoms with Crippen LogP contribution in [0.25, 0.3) is 0 Å². The normalized spacial score (nSPS) is 15.2. The molecule has 0 aliphatic carbocycles. The maximum Gasteiger partial charge on any atom is 0.191 e. The number of hydrogen-bond acceptors (Lipinski definition) is 4. The molecule has 0 spiro atoms. The maximum absolute atomic E-state index is 5.47. The second-order valence-corrected chi connectivity index (χ2v) is 7.44. The summed E-state index contributed by atoms with van der Waals surface area (Å²) in [5.74, 6) is 0.896. The van der Waals surface area contributed by atoms with Gasteiger partial charge in [-0.15, -0.1) is 24.0 Å². The predicted molar refractivity (Wildman–Crippen MR) is 133 cm³/mol. The lowest BCUT2D eigenvalue weighted by atomic mass is 10.1. The average molecular weight is 518 g/mol. The standard InChI is InChI=1S/C22H39N5O.HI/c1-4-6-12-26(3)13-11-24-22(23-5-2)25-18-20-9-7-8-10-21(20)19-27-14-16-28-17-15-27;/h7-10H,4-6,11-19H2,1-3H3,(H2,23,24,25);1H. The van der Waals surface area contributed by atoms with Crippen LogP contribution in [0.1, 0.15) is 37.8 Å². The van der Waals surface area contributed by atoms with Crippen LogP contribution in [0.2, 0.25) is 0 Å². The molecule has 0 aromatic heterocycles. The number of morpholine rings is 1. The Morgan fingerprint density at radius 2 is 1.83 bits per heavy atom. The van der Waals surface area contributed by atoms with Crippen molar-refractivity contribution in [2.24, 2.45) is 4.99 Å². The Labute approximate surface area is 194 Å². The van der Waals surface area contributed by atoms with Crippen LogP contribution < -0.4 is 10.6 Å². The van der Waals surface area contributed by atoms with Gasteiger partial charge in [0.1, 0.15) is 0 Å². The van der Waals surface area contributed by atoms with Gasteiger partial charge in [0.25, 0.3) is 0 Å².